The Morgan fingerprint density at radius 1 is 1.17 bits per heavy atom. The second kappa shape index (κ2) is 10.6. The SMILES string of the molecule is COC(=O)CC[C@H](NC(=O)[C@@H]1CC[C@H]2C/C=C\C[C@H](NC(=O)O)C(=O)N21)C(=O)OC. The number of hydrogen-bond acceptors (Lipinski definition) is 7. The zero-order valence-electron chi connectivity index (χ0n) is 17.0. The minimum Gasteiger partial charge on any atom is -0.469 e. The van der Waals surface area contributed by atoms with Crippen LogP contribution in [-0.4, -0.2) is 78.2 Å². The van der Waals surface area contributed by atoms with Crippen LogP contribution in [0.2, 0.25) is 0 Å². The van der Waals surface area contributed by atoms with Crippen LogP contribution in [0.3, 0.4) is 0 Å². The lowest BCUT2D eigenvalue weighted by atomic mass is 10.0. The summed E-state index contributed by atoms with van der Waals surface area (Å²) < 4.78 is 9.25. The number of methoxy groups -OCH3 is 2. The van der Waals surface area contributed by atoms with Crippen LogP contribution in [0.4, 0.5) is 4.79 Å². The Kier molecular flexibility index (Phi) is 8.19. The van der Waals surface area contributed by atoms with Gasteiger partial charge in [0.1, 0.15) is 18.1 Å². The Balaban J connectivity index is 2.15. The molecule has 0 unspecified atom stereocenters. The highest BCUT2D eigenvalue weighted by Crippen LogP contribution is 2.29. The number of carbonyl (C=O) groups is 5. The minimum absolute atomic E-state index is 0.0128. The molecule has 11 heteroatoms. The molecule has 30 heavy (non-hydrogen) atoms. The number of nitrogens with one attached hydrogen (secondary N) is 2. The Bertz CT molecular complexity index is 723. The Morgan fingerprint density at radius 2 is 1.87 bits per heavy atom. The lowest BCUT2D eigenvalue weighted by molar-refractivity contribution is -0.148. The molecule has 4 atom stereocenters. The number of hydrogen-bond donors (Lipinski definition) is 3. The third-order valence-corrected chi connectivity index (χ3v) is 5.27. The third-order valence-electron chi connectivity index (χ3n) is 5.27. The molecule has 2 heterocycles. The number of amides is 3. The lowest BCUT2D eigenvalue weighted by Gasteiger charge is -2.34. The highest BCUT2D eigenvalue weighted by molar-refractivity contribution is 5.94. The summed E-state index contributed by atoms with van der Waals surface area (Å²) in [4.78, 5) is 61.8. The maximum absolute atomic E-state index is 13.0. The van der Waals surface area contributed by atoms with Gasteiger partial charge in [-0.25, -0.2) is 9.59 Å². The molecule has 0 saturated carbocycles. The number of nitrogens with zero attached hydrogens (tertiary/aromatic N) is 1. The number of esters is 2. The van der Waals surface area contributed by atoms with E-state index in [-0.39, 0.29) is 25.3 Å². The topological polar surface area (TPSA) is 151 Å². The average molecular weight is 425 g/mol. The van der Waals surface area contributed by atoms with E-state index in [1.807, 2.05) is 6.08 Å². The highest BCUT2D eigenvalue weighted by atomic mass is 16.5. The van der Waals surface area contributed by atoms with Gasteiger partial charge < -0.3 is 30.1 Å². The van der Waals surface area contributed by atoms with Crippen molar-refractivity contribution in [3.63, 3.8) is 0 Å². The molecule has 0 radical (unpaired) electrons. The summed E-state index contributed by atoms with van der Waals surface area (Å²) in [6.07, 6.45) is 3.87. The first-order chi connectivity index (χ1) is 14.3. The van der Waals surface area contributed by atoms with Crippen molar-refractivity contribution in [2.75, 3.05) is 14.2 Å². The van der Waals surface area contributed by atoms with Gasteiger partial charge in [0.2, 0.25) is 11.8 Å². The molecular formula is C19H27N3O8. The van der Waals surface area contributed by atoms with Crippen molar-refractivity contribution in [2.24, 2.45) is 0 Å². The molecule has 0 aromatic carbocycles. The van der Waals surface area contributed by atoms with Gasteiger partial charge in [-0.05, 0) is 32.1 Å². The molecule has 0 bridgehead atoms. The van der Waals surface area contributed by atoms with E-state index in [4.69, 9.17) is 9.84 Å². The van der Waals surface area contributed by atoms with Gasteiger partial charge in [0.05, 0.1) is 14.2 Å². The normalized spacial score (nSPS) is 25.2. The lowest BCUT2D eigenvalue weighted by Crippen LogP contribution is -2.57. The standard InChI is InChI=1S/C19H27N3O8/c1-29-15(23)10-8-13(18(26)30-2)20-16(24)14-9-7-11-5-3-4-6-12(21-19(27)28)17(25)22(11)14/h3-4,11-14,21H,5-10H2,1-2H3,(H,20,24)(H,27,28)/b4-3-/t11-,12+,13+,14+/m1/s1. The number of carboxylic acid groups (broad SMARTS) is 1. The fourth-order valence-electron chi connectivity index (χ4n) is 3.76. The smallest absolute Gasteiger partial charge is 0.405 e. The maximum atomic E-state index is 13.0. The van der Waals surface area contributed by atoms with Crippen molar-refractivity contribution in [3.05, 3.63) is 12.2 Å². The monoisotopic (exact) mass is 425 g/mol. The minimum atomic E-state index is -1.33. The van der Waals surface area contributed by atoms with Gasteiger partial charge in [0, 0.05) is 12.5 Å². The van der Waals surface area contributed by atoms with Crippen molar-refractivity contribution in [3.8, 4) is 0 Å². The zero-order valence-corrected chi connectivity index (χ0v) is 17.0. The van der Waals surface area contributed by atoms with Crippen LogP contribution in [0.5, 0.6) is 0 Å². The molecule has 2 aliphatic heterocycles. The predicted molar refractivity (Wildman–Crippen MR) is 102 cm³/mol. The Morgan fingerprint density at radius 3 is 2.50 bits per heavy atom. The van der Waals surface area contributed by atoms with Gasteiger partial charge in [-0.3, -0.25) is 14.4 Å². The van der Waals surface area contributed by atoms with E-state index < -0.39 is 48.0 Å². The molecule has 0 spiro atoms. The van der Waals surface area contributed by atoms with Crippen molar-refractivity contribution < 1.29 is 38.6 Å². The largest absolute Gasteiger partial charge is 0.469 e. The van der Waals surface area contributed by atoms with Crippen LogP contribution in [-0.2, 0) is 28.7 Å². The van der Waals surface area contributed by atoms with Crippen molar-refractivity contribution in [1.82, 2.24) is 15.5 Å². The van der Waals surface area contributed by atoms with E-state index in [0.29, 0.717) is 19.3 Å². The van der Waals surface area contributed by atoms with Gasteiger partial charge in [-0.2, -0.15) is 0 Å². The van der Waals surface area contributed by atoms with Gasteiger partial charge in [-0.1, -0.05) is 12.2 Å². The molecule has 1 fully saturated rings. The summed E-state index contributed by atoms with van der Waals surface area (Å²) in [5, 5.41) is 13.8. The van der Waals surface area contributed by atoms with E-state index in [9.17, 15) is 24.0 Å². The molecule has 3 N–H and O–H groups in total. The van der Waals surface area contributed by atoms with Gasteiger partial charge >= 0.3 is 18.0 Å². The van der Waals surface area contributed by atoms with E-state index >= 15 is 0 Å². The summed E-state index contributed by atoms with van der Waals surface area (Å²) in [6.45, 7) is 0. The predicted octanol–water partition coefficient (Wildman–Crippen LogP) is -0.0568. The maximum Gasteiger partial charge on any atom is 0.405 e. The molecule has 1 saturated heterocycles. The van der Waals surface area contributed by atoms with Crippen LogP contribution in [0.1, 0.15) is 38.5 Å². The quantitative estimate of drug-likeness (QED) is 0.379. The number of rotatable bonds is 7. The molecule has 0 aromatic rings. The molecule has 166 valence electrons. The molecule has 0 aliphatic carbocycles. The first-order valence-electron chi connectivity index (χ1n) is 9.70. The first-order valence-corrected chi connectivity index (χ1v) is 9.70. The van der Waals surface area contributed by atoms with Crippen LogP contribution in [0, 0.1) is 0 Å². The molecule has 11 nitrogen and oxygen atoms in total. The van der Waals surface area contributed by atoms with Gasteiger partial charge in [0.25, 0.3) is 0 Å². The van der Waals surface area contributed by atoms with E-state index in [0.717, 1.165) is 0 Å². The van der Waals surface area contributed by atoms with Crippen LogP contribution < -0.4 is 10.6 Å². The summed E-state index contributed by atoms with van der Waals surface area (Å²) in [5.74, 6) is -2.28. The second-order valence-corrected chi connectivity index (χ2v) is 7.14. The van der Waals surface area contributed by atoms with Gasteiger partial charge in [0.15, 0.2) is 0 Å². The van der Waals surface area contributed by atoms with Crippen molar-refractivity contribution in [2.45, 2.75) is 62.7 Å². The Labute approximate surface area is 173 Å². The average Bonchev–Trinajstić information content (AvgIpc) is 3.13. The van der Waals surface area contributed by atoms with Crippen LogP contribution in [0.15, 0.2) is 12.2 Å². The number of ether oxygens (including phenoxy) is 2. The molecule has 2 rings (SSSR count). The third kappa shape index (κ3) is 5.71. The summed E-state index contributed by atoms with van der Waals surface area (Å²) in [7, 11) is 2.39. The fourth-order valence-corrected chi connectivity index (χ4v) is 3.76. The van der Waals surface area contributed by atoms with E-state index in [1.165, 1.54) is 19.1 Å². The Hall–Kier alpha value is -3.11. The molecular weight excluding hydrogens is 398 g/mol. The fraction of sp³-hybridized carbons (Fsp3) is 0.632. The van der Waals surface area contributed by atoms with E-state index in [1.54, 1.807) is 6.08 Å². The summed E-state index contributed by atoms with van der Waals surface area (Å²) in [5.41, 5.74) is 0. The summed E-state index contributed by atoms with van der Waals surface area (Å²) >= 11 is 0. The number of fused-ring (bicyclic) bond motifs is 1. The summed E-state index contributed by atoms with van der Waals surface area (Å²) in [6, 6.07) is -3.16. The molecule has 3 amide bonds. The highest BCUT2D eigenvalue weighted by Gasteiger charge is 2.44. The second-order valence-electron chi connectivity index (χ2n) is 7.14. The van der Waals surface area contributed by atoms with E-state index in [2.05, 4.69) is 15.4 Å². The zero-order chi connectivity index (χ0) is 22.3. The first kappa shape index (κ1) is 23.2. The molecule has 0 aromatic heterocycles. The number of carbonyl (C=O) groups excluding carboxylic acids is 4. The van der Waals surface area contributed by atoms with Crippen molar-refractivity contribution >= 4 is 29.8 Å². The van der Waals surface area contributed by atoms with Gasteiger partial charge in [-0.15, -0.1) is 0 Å². The van der Waals surface area contributed by atoms with Crippen LogP contribution in [0.25, 0.3) is 0 Å². The van der Waals surface area contributed by atoms with Crippen LogP contribution >= 0.6 is 0 Å². The van der Waals surface area contributed by atoms with Crippen molar-refractivity contribution in [1.29, 1.82) is 0 Å². The molecule has 2 aliphatic rings.